The normalized spacial score (nSPS) is 20.2. The van der Waals surface area contributed by atoms with Crippen molar-refractivity contribution in [1.29, 1.82) is 0 Å². The summed E-state index contributed by atoms with van der Waals surface area (Å²) in [6, 6.07) is 4.50. The summed E-state index contributed by atoms with van der Waals surface area (Å²) in [5.41, 5.74) is 0.187. The van der Waals surface area contributed by atoms with Crippen LogP contribution in [-0.4, -0.2) is 67.9 Å². The van der Waals surface area contributed by atoms with E-state index in [2.05, 4.69) is 5.32 Å². The largest absolute Gasteiger partial charge is 0.444 e. The Hall–Kier alpha value is -2.35. The zero-order chi connectivity index (χ0) is 20.3. The van der Waals surface area contributed by atoms with Crippen LogP contribution in [0.1, 0.15) is 37.6 Å². The minimum absolute atomic E-state index is 0.0174. The molecule has 1 aromatic carbocycles. The van der Waals surface area contributed by atoms with E-state index in [0.29, 0.717) is 50.6 Å². The van der Waals surface area contributed by atoms with E-state index < -0.39 is 11.4 Å². The van der Waals surface area contributed by atoms with E-state index in [-0.39, 0.29) is 18.0 Å². The van der Waals surface area contributed by atoms with Gasteiger partial charge in [-0.25, -0.2) is 9.18 Å². The summed E-state index contributed by atoms with van der Waals surface area (Å²) in [5, 5.41) is 2.86. The van der Waals surface area contributed by atoms with Crippen molar-refractivity contribution in [1.82, 2.24) is 10.2 Å². The maximum absolute atomic E-state index is 14.6. The van der Waals surface area contributed by atoms with E-state index in [4.69, 9.17) is 9.47 Å². The van der Waals surface area contributed by atoms with Crippen molar-refractivity contribution < 1.29 is 23.5 Å². The Morgan fingerprint density at radius 1 is 1.21 bits per heavy atom. The molecule has 3 rings (SSSR count). The Balaban J connectivity index is 1.57. The molecular formula is C20H28FN3O4. The van der Waals surface area contributed by atoms with E-state index in [1.807, 2.05) is 25.7 Å². The van der Waals surface area contributed by atoms with Crippen molar-refractivity contribution in [3.63, 3.8) is 0 Å². The van der Waals surface area contributed by atoms with Crippen LogP contribution in [0.25, 0.3) is 0 Å². The Morgan fingerprint density at radius 3 is 2.50 bits per heavy atom. The van der Waals surface area contributed by atoms with Gasteiger partial charge in [-0.05, 0) is 45.4 Å². The molecule has 154 valence electrons. The number of ether oxygens (including phenoxy) is 2. The summed E-state index contributed by atoms with van der Waals surface area (Å²) in [4.78, 5) is 27.9. The van der Waals surface area contributed by atoms with E-state index in [0.717, 1.165) is 6.42 Å². The van der Waals surface area contributed by atoms with E-state index >= 15 is 0 Å². The van der Waals surface area contributed by atoms with Crippen LogP contribution in [0.15, 0.2) is 18.2 Å². The van der Waals surface area contributed by atoms with Crippen LogP contribution < -0.4 is 10.2 Å². The molecule has 0 radical (unpaired) electrons. The van der Waals surface area contributed by atoms with Crippen molar-refractivity contribution >= 4 is 17.7 Å². The molecule has 1 aromatic rings. The van der Waals surface area contributed by atoms with Gasteiger partial charge in [0.2, 0.25) is 0 Å². The summed E-state index contributed by atoms with van der Waals surface area (Å²) in [6.07, 6.45) is 0.421. The molecule has 28 heavy (non-hydrogen) atoms. The molecular weight excluding hydrogens is 365 g/mol. The van der Waals surface area contributed by atoms with E-state index in [1.165, 1.54) is 6.07 Å². The van der Waals surface area contributed by atoms with Crippen LogP contribution in [0.2, 0.25) is 0 Å². The average molecular weight is 393 g/mol. The van der Waals surface area contributed by atoms with Crippen molar-refractivity contribution in [3.05, 3.63) is 29.6 Å². The second kappa shape index (κ2) is 8.34. The third-order valence-electron chi connectivity index (χ3n) is 4.75. The number of amides is 2. The third-order valence-corrected chi connectivity index (χ3v) is 4.75. The maximum Gasteiger partial charge on any atom is 0.410 e. The molecule has 2 fully saturated rings. The number of nitrogens with zero attached hydrogens (tertiary/aromatic N) is 2. The maximum atomic E-state index is 14.6. The van der Waals surface area contributed by atoms with Gasteiger partial charge in [0, 0.05) is 38.3 Å². The Bertz CT molecular complexity index is 721. The zero-order valence-electron chi connectivity index (χ0n) is 16.7. The van der Waals surface area contributed by atoms with Gasteiger partial charge >= 0.3 is 6.09 Å². The summed E-state index contributed by atoms with van der Waals surface area (Å²) in [7, 11) is 0. The van der Waals surface area contributed by atoms with Crippen molar-refractivity contribution in [2.45, 2.75) is 38.8 Å². The summed E-state index contributed by atoms with van der Waals surface area (Å²) in [6.45, 7) is 8.52. The molecule has 2 amide bonds. The fourth-order valence-electron chi connectivity index (χ4n) is 3.28. The number of hydrogen-bond donors (Lipinski definition) is 1. The van der Waals surface area contributed by atoms with Crippen LogP contribution >= 0.6 is 0 Å². The highest BCUT2D eigenvalue weighted by atomic mass is 19.1. The molecule has 0 saturated carbocycles. The lowest BCUT2D eigenvalue weighted by atomic mass is 10.1. The van der Waals surface area contributed by atoms with Gasteiger partial charge in [-0.15, -0.1) is 0 Å². The molecule has 0 spiro atoms. The predicted octanol–water partition coefficient (Wildman–Crippen LogP) is 2.40. The molecule has 0 aliphatic carbocycles. The summed E-state index contributed by atoms with van der Waals surface area (Å²) in [5.74, 6) is -0.739. The topological polar surface area (TPSA) is 71.1 Å². The monoisotopic (exact) mass is 393 g/mol. The quantitative estimate of drug-likeness (QED) is 0.854. The van der Waals surface area contributed by atoms with E-state index in [1.54, 1.807) is 17.0 Å². The lowest BCUT2D eigenvalue weighted by Gasteiger charge is -2.36. The second-order valence-corrected chi connectivity index (χ2v) is 8.15. The van der Waals surface area contributed by atoms with Gasteiger partial charge in [-0.2, -0.15) is 0 Å². The molecule has 0 unspecified atom stereocenters. The molecule has 2 saturated heterocycles. The van der Waals surface area contributed by atoms with Gasteiger partial charge in [-0.3, -0.25) is 4.79 Å². The van der Waals surface area contributed by atoms with Gasteiger partial charge in [-0.1, -0.05) is 0 Å². The van der Waals surface area contributed by atoms with Crippen LogP contribution in [0, 0.1) is 5.82 Å². The first kappa shape index (κ1) is 20.4. The van der Waals surface area contributed by atoms with Crippen molar-refractivity contribution in [2.75, 3.05) is 44.3 Å². The molecule has 2 aliphatic heterocycles. The molecule has 7 nitrogen and oxygen atoms in total. The number of hydrogen-bond acceptors (Lipinski definition) is 5. The minimum Gasteiger partial charge on any atom is -0.444 e. The number of anilines is 1. The first-order valence-corrected chi connectivity index (χ1v) is 9.64. The molecule has 1 N–H and O–H groups in total. The highest BCUT2D eigenvalue weighted by molar-refractivity contribution is 5.94. The Labute approximate surface area is 164 Å². The standard InChI is InChI=1S/C20H28FN3O4/c1-20(2,3)28-19(26)24-9-7-23(8-10-24)17-5-4-14(12-16(17)21)18(25)22-15-6-11-27-13-15/h4-5,12,15H,6-11,13H2,1-3H3,(H,22,25)/t15-/m1/s1. The SMILES string of the molecule is CC(C)(C)OC(=O)N1CCN(c2ccc(C(=O)N[C@@H]3CCOC3)cc2F)CC1. The Morgan fingerprint density at radius 2 is 1.93 bits per heavy atom. The fraction of sp³-hybridized carbons (Fsp3) is 0.600. The lowest BCUT2D eigenvalue weighted by molar-refractivity contribution is 0.0240. The average Bonchev–Trinajstić information content (AvgIpc) is 3.13. The summed E-state index contributed by atoms with van der Waals surface area (Å²) >= 11 is 0. The molecule has 1 atom stereocenters. The van der Waals surface area contributed by atoms with Crippen molar-refractivity contribution in [2.24, 2.45) is 0 Å². The summed E-state index contributed by atoms with van der Waals surface area (Å²) < 4.78 is 25.3. The molecule has 2 aliphatic rings. The Kier molecular flexibility index (Phi) is 6.07. The van der Waals surface area contributed by atoms with Crippen LogP contribution in [0.4, 0.5) is 14.9 Å². The van der Waals surface area contributed by atoms with Gasteiger partial charge in [0.1, 0.15) is 11.4 Å². The van der Waals surface area contributed by atoms with Gasteiger partial charge < -0.3 is 24.6 Å². The smallest absolute Gasteiger partial charge is 0.410 e. The number of nitrogens with one attached hydrogen (secondary N) is 1. The molecule has 2 heterocycles. The van der Waals surface area contributed by atoms with Crippen LogP contribution in [0.3, 0.4) is 0 Å². The molecule has 8 heteroatoms. The number of carbonyl (C=O) groups is 2. The van der Waals surface area contributed by atoms with Gasteiger partial charge in [0.25, 0.3) is 5.91 Å². The minimum atomic E-state index is -0.540. The number of halogens is 1. The van der Waals surface area contributed by atoms with Crippen molar-refractivity contribution in [3.8, 4) is 0 Å². The number of piperazine rings is 1. The lowest BCUT2D eigenvalue weighted by Crippen LogP contribution is -2.50. The van der Waals surface area contributed by atoms with Crippen LogP contribution in [0.5, 0.6) is 0 Å². The predicted molar refractivity (Wildman–Crippen MR) is 103 cm³/mol. The number of carbonyl (C=O) groups excluding carboxylic acids is 2. The zero-order valence-corrected chi connectivity index (χ0v) is 16.7. The highest BCUT2D eigenvalue weighted by Crippen LogP contribution is 2.23. The first-order valence-electron chi connectivity index (χ1n) is 9.64. The van der Waals surface area contributed by atoms with E-state index in [9.17, 15) is 14.0 Å². The molecule has 0 bridgehead atoms. The van der Waals surface area contributed by atoms with Gasteiger partial charge in [0.05, 0.1) is 18.3 Å². The second-order valence-electron chi connectivity index (χ2n) is 8.15. The number of rotatable bonds is 3. The van der Waals surface area contributed by atoms with Crippen LogP contribution in [-0.2, 0) is 9.47 Å². The van der Waals surface area contributed by atoms with Gasteiger partial charge in [0.15, 0.2) is 0 Å². The number of benzene rings is 1. The third kappa shape index (κ3) is 5.13. The molecule has 0 aromatic heterocycles. The fourth-order valence-corrected chi connectivity index (χ4v) is 3.28. The first-order chi connectivity index (χ1) is 13.2. The highest BCUT2D eigenvalue weighted by Gasteiger charge is 2.27.